The van der Waals surface area contributed by atoms with E-state index in [0.717, 1.165) is 19.5 Å². The molecule has 0 bridgehead atoms. The van der Waals surface area contributed by atoms with Gasteiger partial charge >= 0.3 is 5.97 Å². The molecule has 0 aromatic rings. The Morgan fingerprint density at radius 3 is 2.50 bits per heavy atom. The molecule has 1 amide bonds. The highest BCUT2D eigenvalue weighted by atomic mass is 32.2. The second-order valence-electron chi connectivity index (χ2n) is 5.36. The standard InChI is InChI=1S/C14H23NO3S2/c1-18-14(17)10-20-12-6-7-15(8-12)13(16)9-19-11-4-2-3-5-11/h11-12H,2-10H2,1H3. The van der Waals surface area contributed by atoms with Crippen LogP contribution in [0.15, 0.2) is 0 Å². The fraction of sp³-hybridized carbons (Fsp3) is 0.857. The van der Waals surface area contributed by atoms with Crippen molar-refractivity contribution in [3.63, 3.8) is 0 Å². The molecule has 1 saturated heterocycles. The number of thioether (sulfide) groups is 2. The number of hydrogen-bond acceptors (Lipinski definition) is 5. The summed E-state index contributed by atoms with van der Waals surface area (Å²) in [4.78, 5) is 25.2. The van der Waals surface area contributed by atoms with E-state index in [1.807, 2.05) is 16.7 Å². The minimum Gasteiger partial charge on any atom is -0.468 e. The first-order chi connectivity index (χ1) is 9.69. The number of carbonyl (C=O) groups excluding carboxylic acids is 2. The van der Waals surface area contributed by atoms with Gasteiger partial charge in [0.25, 0.3) is 0 Å². The summed E-state index contributed by atoms with van der Waals surface area (Å²) in [6, 6.07) is 0. The number of carbonyl (C=O) groups is 2. The van der Waals surface area contributed by atoms with Gasteiger partial charge in [0.1, 0.15) is 0 Å². The van der Waals surface area contributed by atoms with Crippen LogP contribution in [0.2, 0.25) is 0 Å². The average Bonchev–Trinajstić information content (AvgIpc) is 3.13. The molecule has 0 spiro atoms. The van der Waals surface area contributed by atoms with Crippen molar-refractivity contribution in [1.29, 1.82) is 0 Å². The number of methoxy groups -OCH3 is 1. The predicted octanol–water partition coefficient (Wildman–Crippen LogP) is 2.17. The summed E-state index contributed by atoms with van der Waals surface area (Å²) < 4.78 is 4.64. The largest absolute Gasteiger partial charge is 0.468 e. The highest BCUT2D eigenvalue weighted by Gasteiger charge is 2.27. The van der Waals surface area contributed by atoms with Crippen molar-refractivity contribution in [2.45, 2.75) is 42.6 Å². The Morgan fingerprint density at radius 2 is 1.80 bits per heavy atom. The lowest BCUT2D eigenvalue weighted by Gasteiger charge is -2.17. The minimum absolute atomic E-state index is 0.184. The van der Waals surface area contributed by atoms with Gasteiger partial charge in [0, 0.05) is 23.6 Å². The molecule has 1 heterocycles. The fourth-order valence-corrected chi connectivity index (χ4v) is 4.95. The normalized spacial score (nSPS) is 23.2. The van der Waals surface area contributed by atoms with Crippen LogP contribution in [0.3, 0.4) is 0 Å². The maximum atomic E-state index is 12.1. The Kier molecular flexibility index (Phi) is 6.55. The fourth-order valence-electron chi connectivity index (χ4n) is 2.67. The van der Waals surface area contributed by atoms with E-state index in [2.05, 4.69) is 4.74 Å². The molecule has 20 heavy (non-hydrogen) atoms. The molecule has 0 aromatic heterocycles. The smallest absolute Gasteiger partial charge is 0.315 e. The van der Waals surface area contributed by atoms with Crippen molar-refractivity contribution < 1.29 is 14.3 Å². The lowest BCUT2D eigenvalue weighted by Crippen LogP contribution is -2.31. The Labute approximate surface area is 129 Å². The first-order valence-electron chi connectivity index (χ1n) is 7.27. The molecule has 1 aliphatic heterocycles. The molecule has 1 aliphatic carbocycles. The maximum Gasteiger partial charge on any atom is 0.315 e. The molecule has 2 fully saturated rings. The van der Waals surface area contributed by atoms with Crippen LogP contribution in [-0.4, -0.2) is 59.0 Å². The van der Waals surface area contributed by atoms with E-state index >= 15 is 0 Å². The topological polar surface area (TPSA) is 46.6 Å². The molecule has 0 aromatic carbocycles. The molecular formula is C14H23NO3S2. The molecule has 6 heteroatoms. The van der Waals surface area contributed by atoms with Gasteiger partial charge < -0.3 is 9.64 Å². The summed E-state index contributed by atoms with van der Waals surface area (Å²) in [6.07, 6.45) is 6.18. The molecule has 1 atom stereocenters. The maximum absolute atomic E-state index is 12.1. The SMILES string of the molecule is COC(=O)CSC1CCN(C(=O)CSC2CCCC2)C1. The minimum atomic E-state index is -0.184. The van der Waals surface area contributed by atoms with Gasteiger partial charge in [-0.3, -0.25) is 9.59 Å². The third-order valence-corrected chi connectivity index (χ3v) is 6.52. The van der Waals surface area contributed by atoms with E-state index in [0.29, 0.717) is 22.0 Å². The lowest BCUT2D eigenvalue weighted by molar-refractivity contribution is -0.137. The number of ether oxygens (including phenoxy) is 1. The zero-order valence-electron chi connectivity index (χ0n) is 12.0. The first kappa shape index (κ1) is 16.0. The third kappa shape index (κ3) is 4.88. The molecule has 2 rings (SSSR count). The second-order valence-corrected chi connectivity index (χ2v) is 7.93. The summed E-state index contributed by atoms with van der Waals surface area (Å²) >= 11 is 3.44. The number of rotatable bonds is 6. The Bertz CT molecular complexity index is 345. The van der Waals surface area contributed by atoms with E-state index in [-0.39, 0.29) is 11.9 Å². The first-order valence-corrected chi connectivity index (χ1v) is 9.36. The highest BCUT2D eigenvalue weighted by Crippen LogP contribution is 2.30. The van der Waals surface area contributed by atoms with Crippen molar-refractivity contribution in [1.82, 2.24) is 4.90 Å². The highest BCUT2D eigenvalue weighted by molar-refractivity contribution is 8.00. The van der Waals surface area contributed by atoms with Gasteiger partial charge in [-0.15, -0.1) is 23.5 Å². The van der Waals surface area contributed by atoms with Gasteiger partial charge in [0.05, 0.1) is 18.6 Å². The van der Waals surface area contributed by atoms with Crippen LogP contribution in [0.1, 0.15) is 32.1 Å². The quantitative estimate of drug-likeness (QED) is 0.703. The number of likely N-dealkylation sites (tertiary alicyclic amines) is 1. The Balaban J connectivity index is 1.63. The molecule has 0 N–H and O–H groups in total. The van der Waals surface area contributed by atoms with Crippen molar-refractivity contribution in [3.8, 4) is 0 Å². The third-order valence-electron chi connectivity index (χ3n) is 3.91. The van der Waals surface area contributed by atoms with Crippen molar-refractivity contribution >= 4 is 35.4 Å². The van der Waals surface area contributed by atoms with Crippen LogP contribution in [0, 0.1) is 0 Å². The van der Waals surface area contributed by atoms with E-state index in [1.165, 1.54) is 32.8 Å². The van der Waals surface area contributed by atoms with Crippen LogP contribution < -0.4 is 0 Å². The van der Waals surface area contributed by atoms with Gasteiger partial charge in [0.2, 0.25) is 5.91 Å². The van der Waals surface area contributed by atoms with E-state index < -0.39 is 0 Å². The predicted molar refractivity (Wildman–Crippen MR) is 84.2 cm³/mol. The lowest BCUT2D eigenvalue weighted by atomic mass is 10.4. The average molecular weight is 317 g/mol. The van der Waals surface area contributed by atoms with Crippen LogP contribution in [0.5, 0.6) is 0 Å². The zero-order chi connectivity index (χ0) is 14.4. The van der Waals surface area contributed by atoms with E-state index in [4.69, 9.17) is 0 Å². The van der Waals surface area contributed by atoms with E-state index in [1.54, 1.807) is 11.8 Å². The number of esters is 1. The van der Waals surface area contributed by atoms with E-state index in [9.17, 15) is 9.59 Å². The monoisotopic (exact) mass is 317 g/mol. The Morgan fingerprint density at radius 1 is 1.10 bits per heavy atom. The molecule has 114 valence electrons. The number of hydrogen-bond donors (Lipinski definition) is 0. The van der Waals surface area contributed by atoms with Gasteiger partial charge in [0.15, 0.2) is 0 Å². The van der Waals surface area contributed by atoms with Gasteiger partial charge in [-0.2, -0.15) is 0 Å². The van der Waals surface area contributed by atoms with Crippen molar-refractivity contribution in [2.24, 2.45) is 0 Å². The van der Waals surface area contributed by atoms with Crippen molar-refractivity contribution in [2.75, 3.05) is 31.7 Å². The van der Waals surface area contributed by atoms with Gasteiger partial charge in [-0.1, -0.05) is 12.8 Å². The zero-order valence-corrected chi connectivity index (χ0v) is 13.6. The molecule has 0 radical (unpaired) electrons. The summed E-state index contributed by atoms with van der Waals surface area (Å²) in [5.41, 5.74) is 0. The second kappa shape index (κ2) is 8.17. The molecule has 4 nitrogen and oxygen atoms in total. The molecular weight excluding hydrogens is 294 g/mol. The summed E-state index contributed by atoms with van der Waals surface area (Å²) in [7, 11) is 1.41. The number of nitrogens with zero attached hydrogens (tertiary/aromatic N) is 1. The van der Waals surface area contributed by atoms with Crippen LogP contribution in [0.25, 0.3) is 0 Å². The van der Waals surface area contributed by atoms with Crippen molar-refractivity contribution in [3.05, 3.63) is 0 Å². The van der Waals surface area contributed by atoms with Gasteiger partial charge in [-0.05, 0) is 19.3 Å². The van der Waals surface area contributed by atoms with Crippen LogP contribution >= 0.6 is 23.5 Å². The summed E-state index contributed by atoms with van der Waals surface area (Å²) in [5.74, 6) is 1.10. The number of amides is 1. The van der Waals surface area contributed by atoms with Crippen LogP contribution in [-0.2, 0) is 14.3 Å². The molecule has 2 aliphatic rings. The molecule has 1 saturated carbocycles. The van der Waals surface area contributed by atoms with Gasteiger partial charge in [-0.25, -0.2) is 0 Å². The summed E-state index contributed by atoms with van der Waals surface area (Å²) in [5, 5.41) is 1.08. The van der Waals surface area contributed by atoms with Crippen LogP contribution in [0.4, 0.5) is 0 Å². The summed E-state index contributed by atoms with van der Waals surface area (Å²) in [6.45, 7) is 1.62. The Hall–Kier alpha value is -0.360. The molecule has 1 unspecified atom stereocenters.